The molecule has 2 N–H and O–H groups in total. The van der Waals surface area contributed by atoms with Gasteiger partial charge in [-0.15, -0.1) is 0 Å². The van der Waals surface area contributed by atoms with E-state index in [0.717, 1.165) is 39.4 Å². The summed E-state index contributed by atoms with van der Waals surface area (Å²) in [5, 5.41) is 6.60. The zero-order valence-corrected chi connectivity index (χ0v) is 12.9. The van der Waals surface area contributed by atoms with Crippen molar-refractivity contribution in [2.75, 3.05) is 44.7 Å². The molecule has 0 saturated carbocycles. The first-order chi connectivity index (χ1) is 10.6. The lowest BCUT2D eigenvalue weighted by Gasteiger charge is -2.26. The van der Waals surface area contributed by atoms with E-state index >= 15 is 0 Å². The molecule has 122 valence electrons. The van der Waals surface area contributed by atoms with Crippen molar-refractivity contribution >= 4 is 23.0 Å². The monoisotopic (exact) mass is 331 g/mol. The summed E-state index contributed by atoms with van der Waals surface area (Å²) in [6.07, 6.45) is 0. The van der Waals surface area contributed by atoms with Gasteiger partial charge in [-0.3, -0.25) is 4.90 Å². The van der Waals surface area contributed by atoms with Crippen LogP contribution in [0.3, 0.4) is 0 Å². The average Bonchev–Trinajstić information content (AvgIpc) is 2.50. The van der Waals surface area contributed by atoms with Crippen LogP contribution in [0.25, 0.3) is 0 Å². The summed E-state index contributed by atoms with van der Waals surface area (Å²) in [5.41, 5.74) is 0.713. The molecule has 22 heavy (non-hydrogen) atoms. The quantitative estimate of drug-likeness (QED) is 0.777. The number of nitrogens with zero attached hydrogens (tertiary/aromatic N) is 1. The molecule has 0 unspecified atom stereocenters. The van der Waals surface area contributed by atoms with Crippen molar-refractivity contribution < 1.29 is 18.3 Å². The van der Waals surface area contributed by atoms with Gasteiger partial charge in [-0.05, 0) is 36.5 Å². The minimum Gasteiger partial charge on any atom is -0.435 e. The summed E-state index contributed by atoms with van der Waals surface area (Å²) in [6.45, 7) is 2.23. The maximum Gasteiger partial charge on any atom is 0.387 e. The Morgan fingerprint density at radius 2 is 1.95 bits per heavy atom. The molecule has 8 heteroatoms. The van der Waals surface area contributed by atoms with Gasteiger partial charge in [0.25, 0.3) is 0 Å². The lowest BCUT2D eigenvalue weighted by atomic mass is 10.3. The second kappa shape index (κ2) is 8.82. The van der Waals surface area contributed by atoms with Gasteiger partial charge in [0.2, 0.25) is 0 Å². The molecular weight excluding hydrogens is 312 g/mol. The Bertz CT molecular complexity index is 468. The average molecular weight is 331 g/mol. The maximum atomic E-state index is 12.0. The summed E-state index contributed by atoms with van der Waals surface area (Å²) in [6, 6.07) is 6.19. The zero-order valence-electron chi connectivity index (χ0n) is 12.1. The van der Waals surface area contributed by atoms with Crippen LogP contribution in [0.4, 0.5) is 14.5 Å². The van der Waals surface area contributed by atoms with E-state index in [1.54, 1.807) is 12.1 Å². The number of rotatable bonds is 6. The van der Waals surface area contributed by atoms with Crippen molar-refractivity contribution in [2.24, 2.45) is 0 Å². The molecule has 0 atom stereocenters. The molecule has 0 bridgehead atoms. The summed E-state index contributed by atoms with van der Waals surface area (Å²) >= 11 is 5.19. The number of anilines is 1. The van der Waals surface area contributed by atoms with Crippen LogP contribution in [0.1, 0.15) is 0 Å². The molecule has 5 nitrogen and oxygen atoms in total. The van der Waals surface area contributed by atoms with E-state index in [4.69, 9.17) is 17.0 Å². The van der Waals surface area contributed by atoms with Crippen molar-refractivity contribution in [1.82, 2.24) is 10.2 Å². The van der Waals surface area contributed by atoms with E-state index in [9.17, 15) is 8.78 Å². The highest BCUT2D eigenvalue weighted by atomic mass is 32.1. The number of morpholine rings is 1. The third-order valence-corrected chi connectivity index (χ3v) is 3.40. The van der Waals surface area contributed by atoms with Crippen LogP contribution in [0.5, 0.6) is 5.75 Å². The Labute approximate surface area is 133 Å². The molecule has 1 fully saturated rings. The smallest absolute Gasteiger partial charge is 0.387 e. The van der Waals surface area contributed by atoms with Crippen molar-refractivity contribution in [3.8, 4) is 5.75 Å². The molecule has 1 aromatic rings. The van der Waals surface area contributed by atoms with Gasteiger partial charge in [0.1, 0.15) is 5.75 Å². The van der Waals surface area contributed by atoms with Gasteiger partial charge in [0.15, 0.2) is 5.11 Å². The summed E-state index contributed by atoms with van der Waals surface area (Å²) in [5.74, 6) is 0.117. The molecule has 0 amide bonds. The van der Waals surface area contributed by atoms with Crippen molar-refractivity contribution in [2.45, 2.75) is 6.61 Å². The van der Waals surface area contributed by atoms with Crippen molar-refractivity contribution in [3.05, 3.63) is 24.3 Å². The molecule has 1 aromatic carbocycles. The molecule has 0 aromatic heterocycles. The number of hydrogen-bond acceptors (Lipinski definition) is 4. The largest absolute Gasteiger partial charge is 0.435 e. The first-order valence-corrected chi connectivity index (χ1v) is 7.44. The van der Waals surface area contributed by atoms with E-state index < -0.39 is 6.61 Å². The first kappa shape index (κ1) is 16.9. The van der Waals surface area contributed by atoms with Gasteiger partial charge in [-0.1, -0.05) is 0 Å². The van der Waals surface area contributed by atoms with Crippen LogP contribution in [-0.2, 0) is 4.74 Å². The van der Waals surface area contributed by atoms with Gasteiger partial charge < -0.3 is 20.1 Å². The van der Waals surface area contributed by atoms with Crippen molar-refractivity contribution in [3.63, 3.8) is 0 Å². The number of halogens is 2. The maximum absolute atomic E-state index is 12.0. The molecule has 1 saturated heterocycles. The molecular formula is C14H19F2N3O2S. The minimum atomic E-state index is -2.82. The van der Waals surface area contributed by atoms with Gasteiger partial charge >= 0.3 is 6.61 Å². The SMILES string of the molecule is FC(F)Oc1ccc(NC(=S)NCCN2CCOCC2)cc1. The van der Waals surface area contributed by atoms with Gasteiger partial charge in [-0.2, -0.15) is 8.78 Å². The van der Waals surface area contributed by atoms with E-state index in [1.165, 1.54) is 12.1 Å². The normalized spacial score (nSPS) is 15.6. The number of nitrogens with one attached hydrogen (secondary N) is 2. The molecule has 0 spiro atoms. The van der Waals surface area contributed by atoms with Crippen LogP contribution in [0, 0.1) is 0 Å². The second-order valence-corrected chi connectivity index (χ2v) is 5.15. The second-order valence-electron chi connectivity index (χ2n) is 4.74. The molecule has 1 aliphatic rings. The fourth-order valence-corrected chi connectivity index (χ4v) is 2.27. The highest BCUT2D eigenvalue weighted by molar-refractivity contribution is 7.80. The van der Waals surface area contributed by atoms with E-state index in [2.05, 4.69) is 20.3 Å². The summed E-state index contributed by atoms with van der Waals surface area (Å²) < 4.78 is 33.7. The minimum absolute atomic E-state index is 0.117. The zero-order chi connectivity index (χ0) is 15.8. The molecule has 0 radical (unpaired) electrons. The van der Waals surface area contributed by atoms with Gasteiger partial charge in [-0.25, -0.2) is 0 Å². The molecule has 0 aliphatic carbocycles. The topological polar surface area (TPSA) is 45.8 Å². The summed E-state index contributed by atoms with van der Waals surface area (Å²) in [7, 11) is 0. The highest BCUT2D eigenvalue weighted by Gasteiger charge is 2.09. The van der Waals surface area contributed by atoms with Crippen LogP contribution in [0.15, 0.2) is 24.3 Å². The van der Waals surface area contributed by atoms with E-state index in [0.29, 0.717) is 10.8 Å². The third-order valence-electron chi connectivity index (χ3n) is 3.15. The van der Waals surface area contributed by atoms with E-state index in [1.807, 2.05) is 0 Å². The molecule has 2 rings (SSSR count). The lowest BCUT2D eigenvalue weighted by Crippen LogP contribution is -2.42. The van der Waals surface area contributed by atoms with Crippen LogP contribution >= 0.6 is 12.2 Å². The lowest BCUT2D eigenvalue weighted by molar-refractivity contribution is -0.0498. The highest BCUT2D eigenvalue weighted by Crippen LogP contribution is 2.17. The Morgan fingerprint density at radius 1 is 1.27 bits per heavy atom. The van der Waals surface area contributed by atoms with Crippen LogP contribution in [-0.4, -0.2) is 56.0 Å². The number of alkyl halides is 2. The predicted octanol–water partition coefficient (Wildman–Crippen LogP) is 1.91. The number of benzene rings is 1. The van der Waals surface area contributed by atoms with Crippen LogP contribution < -0.4 is 15.4 Å². The Hall–Kier alpha value is -1.51. The van der Waals surface area contributed by atoms with Gasteiger partial charge in [0, 0.05) is 31.9 Å². The Kier molecular flexibility index (Phi) is 6.75. The predicted molar refractivity (Wildman–Crippen MR) is 84.6 cm³/mol. The molecule has 1 aliphatic heterocycles. The third kappa shape index (κ3) is 6.08. The fourth-order valence-electron chi connectivity index (χ4n) is 2.05. The van der Waals surface area contributed by atoms with E-state index in [-0.39, 0.29) is 5.75 Å². The van der Waals surface area contributed by atoms with Crippen molar-refractivity contribution in [1.29, 1.82) is 0 Å². The summed E-state index contributed by atoms with van der Waals surface area (Å²) in [4.78, 5) is 2.30. The standard InChI is InChI=1S/C14H19F2N3O2S/c15-13(16)21-12-3-1-11(2-4-12)18-14(22)17-5-6-19-7-9-20-10-8-19/h1-4,13H,5-10H2,(H2,17,18,22). The van der Waals surface area contributed by atoms with Crippen LogP contribution in [0.2, 0.25) is 0 Å². The fraction of sp³-hybridized carbons (Fsp3) is 0.500. The number of ether oxygens (including phenoxy) is 2. The van der Waals surface area contributed by atoms with Gasteiger partial charge in [0.05, 0.1) is 13.2 Å². The number of hydrogen-bond donors (Lipinski definition) is 2. The molecule has 1 heterocycles. The number of thiocarbonyl (C=S) groups is 1. The Morgan fingerprint density at radius 3 is 2.59 bits per heavy atom. The first-order valence-electron chi connectivity index (χ1n) is 7.03. The Balaban J connectivity index is 1.67.